The molecular weight excluding hydrogens is 240 g/mol. The molecule has 1 amide bonds. The quantitative estimate of drug-likeness (QED) is 0.840. The minimum Gasteiger partial charge on any atom is -0.461 e. The molecule has 0 aliphatic rings. The van der Waals surface area contributed by atoms with Crippen LogP contribution in [-0.2, 0) is 6.42 Å². The molecule has 0 aliphatic heterocycles. The number of unbranched alkanes of at least 4 members (excludes halogenated alkanes) is 1. The van der Waals surface area contributed by atoms with Gasteiger partial charge >= 0.3 is 0 Å². The van der Waals surface area contributed by atoms with Crippen LogP contribution in [-0.4, -0.2) is 31.4 Å². The van der Waals surface area contributed by atoms with Crippen molar-refractivity contribution in [1.82, 2.24) is 4.90 Å². The maximum absolute atomic E-state index is 11.9. The molecule has 2 rings (SSSR count). The number of fused-ring (bicyclic) bond motifs is 1. The van der Waals surface area contributed by atoms with Crippen molar-refractivity contribution in [3.05, 3.63) is 35.6 Å². The summed E-state index contributed by atoms with van der Waals surface area (Å²) in [6.45, 7) is 0.710. The van der Waals surface area contributed by atoms with Crippen molar-refractivity contribution >= 4 is 16.9 Å². The number of hydrogen-bond donors (Lipinski definition) is 1. The summed E-state index contributed by atoms with van der Waals surface area (Å²) >= 11 is 0. The molecule has 0 saturated heterocycles. The first-order valence-electron chi connectivity index (χ1n) is 6.56. The fourth-order valence-corrected chi connectivity index (χ4v) is 2.04. The summed E-state index contributed by atoms with van der Waals surface area (Å²) in [6.07, 6.45) is 2.92. The van der Waals surface area contributed by atoms with E-state index in [1.165, 1.54) is 0 Å². The molecule has 0 fully saturated rings. The summed E-state index contributed by atoms with van der Waals surface area (Å²) in [5.41, 5.74) is 6.90. The Kier molecular flexibility index (Phi) is 4.22. The zero-order valence-electron chi connectivity index (χ0n) is 11.5. The standard InChI is InChI=1S/C15H20N2O2/c1-17(2)15(18)12-7-6-11-9-13(5-3-4-8-16)19-14(11)10-12/h6-7,9-10H,3-5,8,16H2,1-2H3. The first kappa shape index (κ1) is 13.6. The lowest BCUT2D eigenvalue weighted by Crippen LogP contribution is -2.21. The highest BCUT2D eigenvalue weighted by Crippen LogP contribution is 2.22. The van der Waals surface area contributed by atoms with Gasteiger partial charge in [0.25, 0.3) is 5.91 Å². The van der Waals surface area contributed by atoms with Gasteiger partial charge in [0.1, 0.15) is 11.3 Å². The van der Waals surface area contributed by atoms with Gasteiger partial charge in [-0.05, 0) is 37.6 Å². The van der Waals surface area contributed by atoms with Crippen LogP contribution in [0.4, 0.5) is 0 Å². The van der Waals surface area contributed by atoms with Gasteiger partial charge in [0, 0.05) is 31.5 Å². The van der Waals surface area contributed by atoms with E-state index in [4.69, 9.17) is 10.2 Å². The summed E-state index contributed by atoms with van der Waals surface area (Å²) in [7, 11) is 3.49. The number of carbonyl (C=O) groups excluding carboxylic acids is 1. The molecule has 0 bridgehead atoms. The third kappa shape index (κ3) is 3.15. The average molecular weight is 260 g/mol. The summed E-state index contributed by atoms with van der Waals surface area (Å²) in [6, 6.07) is 7.62. The molecule has 0 spiro atoms. The van der Waals surface area contributed by atoms with E-state index >= 15 is 0 Å². The molecule has 102 valence electrons. The third-order valence-electron chi connectivity index (χ3n) is 3.10. The molecule has 2 N–H and O–H groups in total. The van der Waals surface area contributed by atoms with Crippen LogP contribution in [0.5, 0.6) is 0 Å². The van der Waals surface area contributed by atoms with Crippen LogP contribution >= 0.6 is 0 Å². The van der Waals surface area contributed by atoms with Gasteiger partial charge in [-0.25, -0.2) is 0 Å². The van der Waals surface area contributed by atoms with Crippen LogP contribution in [0.15, 0.2) is 28.7 Å². The van der Waals surface area contributed by atoms with Gasteiger partial charge in [-0.1, -0.05) is 6.07 Å². The number of carbonyl (C=O) groups is 1. The largest absolute Gasteiger partial charge is 0.461 e. The molecule has 4 heteroatoms. The zero-order valence-corrected chi connectivity index (χ0v) is 11.5. The second-order valence-corrected chi connectivity index (χ2v) is 4.91. The van der Waals surface area contributed by atoms with Crippen LogP contribution in [0.25, 0.3) is 11.0 Å². The van der Waals surface area contributed by atoms with Crippen molar-refractivity contribution in [3.63, 3.8) is 0 Å². The Bertz CT molecular complexity index is 573. The SMILES string of the molecule is CN(C)C(=O)c1ccc2cc(CCCCN)oc2c1. The molecule has 19 heavy (non-hydrogen) atoms. The van der Waals surface area contributed by atoms with Crippen LogP contribution < -0.4 is 5.73 Å². The van der Waals surface area contributed by atoms with Crippen LogP contribution in [0.3, 0.4) is 0 Å². The van der Waals surface area contributed by atoms with Gasteiger partial charge in [-0.3, -0.25) is 4.79 Å². The van der Waals surface area contributed by atoms with Crippen LogP contribution in [0, 0.1) is 0 Å². The zero-order chi connectivity index (χ0) is 13.8. The number of benzene rings is 1. The number of hydrogen-bond acceptors (Lipinski definition) is 3. The highest BCUT2D eigenvalue weighted by atomic mass is 16.3. The number of amides is 1. The predicted molar refractivity (Wildman–Crippen MR) is 76.2 cm³/mol. The minimum atomic E-state index is -0.0111. The number of aryl methyl sites for hydroxylation is 1. The molecule has 0 saturated carbocycles. The lowest BCUT2D eigenvalue weighted by atomic mass is 10.1. The first-order valence-corrected chi connectivity index (χ1v) is 6.56. The third-order valence-corrected chi connectivity index (χ3v) is 3.10. The normalized spacial score (nSPS) is 10.9. The Hall–Kier alpha value is -1.81. The monoisotopic (exact) mass is 260 g/mol. The van der Waals surface area contributed by atoms with E-state index in [2.05, 4.69) is 0 Å². The van der Waals surface area contributed by atoms with Crippen molar-refractivity contribution in [2.75, 3.05) is 20.6 Å². The Morgan fingerprint density at radius 3 is 2.74 bits per heavy atom. The van der Waals surface area contributed by atoms with E-state index in [1.54, 1.807) is 19.0 Å². The number of rotatable bonds is 5. The van der Waals surface area contributed by atoms with Gasteiger partial charge in [0.05, 0.1) is 0 Å². The van der Waals surface area contributed by atoms with Gasteiger partial charge in [-0.15, -0.1) is 0 Å². The maximum atomic E-state index is 11.9. The topological polar surface area (TPSA) is 59.5 Å². The van der Waals surface area contributed by atoms with Crippen molar-refractivity contribution in [2.24, 2.45) is 5.73 Å². The summed E-state index contributed by atoms with van der Waals surface area (Å²) in [5.74, 6) is 0.945. The van der Waals surface area contributed by atoms with E-state index in [0.29, 0.717) is 12.1 Å². The van der Waals surface area contributed by atoms with Gasteiger partial charge < -0.3 is 15.1 Å². The Labute approximate surface area is 113 Å². The second kappa shape index (κ2) is 5.89. The van der Waals surface area contributed by atoms with Crippen molar-refractivity contribution in [3.8, 4) is 0 Å². The predicted octanol–water partition coefficient (Wildman–Crippen LogP) is 2.42. The Balaban J connectivity index is 2.21. The average Bonchev–Trinajstić information content (AvgIpc) is 2.79. The Morgan fingerprint density at radius 1 is 1.26 bits per heavy atom. The fourth-order valence-electron chi connectivity index (χ4n) is 2.04. The van der Waals surface area contributed by atoms with E-state index < -0.39 is 0 Å². The molecular formula is C15H20N2O2. The smallest absolute Gasteiger partial charge is 0.253 e. The van der Waals surface area contributed by atoms with Crippen LogP contribution in [0.1, 0.15) is 29.0 Å². The van der Waals surface area contributed by atoms with Crippen LogP contribution in [0.2, 0.25) is 0 Å². The van der Waals surface area contributed by atoms with Gasteiger partial charge in [0.2, 0.25) is 0 Å². The van der Waals surface area contributed by atoms with E-state index in [1.807, 2.05) is 24.3 Å². The molecule has 2 aromatic rings. The number of furan rings is 1. The first-order chi connectivity index (χ1) is 9.11. The molecule has 0 aliphatic carbocycles. The maximum Gasteiger partial charge on any atom is 0.253 e. The summed E-state index contributed by atoms with van der Waals surface area (Å²) < 4.78 is 5.77. The Morgan fingerprint density at radius 2 is 2.05 bits per heavy atom. The molecule has 0 atom stereocenters. The molecule has 1 aromatic heterocycles. The molecule has 0 radical (unpaired) electrons. The fraction of sp³-hybridized carbons (Fsp3) is 0.400. The second-order valence-electron chi connectivity index (χ2n) is 4.91. The van der Waals surface area contributed by atoms with Gasteiger partial charge in [0.15, 0.2) is 0 Å². The molecule has 1 aromatic carbocycles. The van der Waals surface area contributed by atoms with Crippen molar-refractivity contribution in [1.29, 1.82) is 0 Å². The lowest BCUT2D eigenvalue weighted by Gasteiger charge is -2.09. The van der Waals surface area contributed by atoms with E-state index in [-0.39, 0.29) is 5.91 Å². The summed E-state index contributed by atoms with van der Waals surface area (Å²) in [4.78, 5) is 13.4. The highest BCUT2D eigenvalue weighted by molar-refractivity contribution is 5.97. The van der Waals surface area contributed by atoms with Crippen molar-refractivity contribution in [2.45, 2.75) is 19.3 Å². The van der Waals surface area contributed by atoms with E-state index in [9.17, 15) is 4.79 Å². The highest BCUT2D eigenvalue weighted by Gasteiger charge is 2.10. The number of nitrogens with zero attached hydrogens (tertiary/aromatic N) is 1. The minimum absolute atomic E-state index is 0.0111. The molecule has 1 heterocycles. The molecule has 0 unspecified atom stereocenters. The molecule has 4 nitrogen and oxygen atoms in total. The number of nitrogens with two attached hydrogens (primary N) is 1. The van der Waals surface area contributed by atoms with Gasteiger partial charge in [-0.2, -0.15) is 0 Å². The summed E-state index contributed by atoms with van der Waals surface area (Å²) in [5, 5.41) is 1.04. The lowest BCUT2D eigenvalue weighted by molar-refractivity contribution is 0.0827. The van der Waals surface area contributed by atoms with Crippen molar-refractivity contribution < 1.29 is 9.21 Å². The van der Waals surface area contributed by atoms with E-state index in [0.717, 1.165) is 36.0 Å².